The molecule has 0 radical (unpaired) electrons. The van der Waals surface area contributed by atoms with Crippen LogP contribution in [0.2, 0.25) is 0 Å². The molecule has 0 fully saturated rings. The molecule has 2 N–H and O–H groups in total. The van der Waals surface area contributed by atoms with Gasteiger partial charge < -0.3 is 14.6 Å². The van der Waals surface area contributed by atoms with Gasteiger partial charge in [-0.1, -0.05) is 26.0 Å². The molecule has 25 heavy (non-hydrogen) atoms. The summed E-state index contributed by atoms with van der Waals surface area (Å²) in [6.45, 7) is 4.06. The molecule has 0 aliphatic rings. The molecule has 0 atom stereocenters. The predicted molar refractivity (Wildman–Crippen MR) is 96.4 cm³/mol. The van der Waals surface area contributed by atoms with Crippen LogP contribution in [0.25, 0.3) is 0 Å². The average Bonchev–Trinajstić information content (AvgIpc) is 2.61. The fourth-order valence-corrected chi connectivity index (χ4v) is 2.10. The van der Waals surface area contributed by atoms with Crippen molar-refractivity contribution < 1.29 is 19.4 Å². The van der Waals surface area contributed by atoms with Crippen LogP contribution in [-0.2, 0) is 4.79 Å². The SMILES string of the molecule is COc1cc(/C=N/NC(=O)COc2cccc(C(C)C)c2)ccc1O. The van der Waals surface area contributed by atoms with Gasteiger partial charge in [0.15, 0.2) is 18.1 Å². The summed E-state index contributed by atoms with van der Waals surface area (Å²) in [5.74, 6) is 1.05. The van der Waals surface area contributed by atoms with E-state index >= 15 is 0 Å². The zero-order chi connectivity index (χ0) is 18.2. The van der Waals surface area contributed by atoms with Gasteiger partial charge >= 0.3 is 0 Å². The van der Waals surface area contributed by atoms with Gasteiger partial charge in [-0.15, -0.1) is 0 Å². The number of carbonyl (C=O) groups excluding carboxylic acids is 1. The summed E-state index contributed by atoms with van der Waals surface area (Å²) < 4.78 is 10.5. The van der Waals surface area contributed by atoms with Crippen LogP contribution in [0.15, 0.2) is 47.6 Å². The number of benzene rings is 2. The first kappa shape index (κ1) is 18.3. The van der Waals surface area contributed by atoms with Gasteiger partial charge in [0.1, 0.15) is 5.75 Å². The maximum absolute atomic E-state index is 11.8. The Morgan fingerprint density at radius 2 is 2.08 bits per heavy atom. The van der Waals surface area contributed by atoms with Crippen LogP contribution < -0.4 is 14.9 Å². The number of methoxy groups -OCH3 is 1. The highest BCUT2D eigenvalue weighted by molar-refractivity contribution is 5.83. The molecular weight excluding hydrogens is 320 g/mol. The standard InChI is InChI=1S/C19H22N2O4/c1-13(2)15-5-4-6-16(10-15)25-12-19(23)21-20-11-14-7-8-17(22)18(9-14)24-3/h4-11,13,22H,12H2,1-3H3,(H,21,23)/b20-11+. The number of aromatic hydroxyl groups is 1. The zero-order valence-corrected chi connectivity index (χ0v) is 14.5. The van der Waals surface area contributed by atoms with Gasteiger partial charge in [0, 0.05) is 0 Å². The highest BCUT2D eigenvalue weighted by atomic mass is 16.5. The van der Waals surface area contributed by atoms with Crippen LogP contribution in [0.1, 0.15) is 30.9 Å². The number of hydrazone groups is 1. The van der Waals surface area contributed by atoms with Crippen LogP contribution in [0.4, 0.5) is 0 Å². The number of rotatable bonds is 7. The molecule has 0 aromatic heterocycles. The van der Waals surface area contributed by atoms with Crippen LogP contribution in [-0.4, -0.2) is 30.9 Å². The van der Waals surface area contributed by atoms with Gasteiger partial charge in [0.2, 0.25) is 0 Å². The summed E-state index contributed by atoms with van der Waals surface area (Å²) in [6, 6.07) is 12.4. The lowest BCUT2D eigenvalue weighted by Gasteiger charge is -2.09. The Kier molecular flexibility index (Phi) is 6.39. The van der Waals surface area contributed by atoms with E-state index in [1.54, 1.807) is 12.1 Å². The average molecular weight is 342 g/mol. The van der Waals surface area contributed by atoms with Gasteiger partial charge in [-0.25, -0.2) is 5.43 Å². The van der Waals surface area contributed by atoms with E-state index in [-0.39, 0.29) is 18.3 Å². The summed E-state index contributed by atoms with van der Waals surface area (Å²) in [5, 5.41) is 13.4. The van der Waals surface area contributed by atoms with E-state index in [0.29, 0.717) is 23.0 Å². The molecule has 0 spiro atoms. The Labute approximate surface area is 147 Å². The zero-order valence-electron chi connectivity index (χ0n) is 14.5. The fourth-order valence-electron chi connectivity index (χ4n) is 2.10. The van der Waals surface area contributed by atoms with Crippen molar-refractivity contribution in [2.75, 3.05) is 13.7 Å². The molecule has 6 heteroatoms. The van der Waals surface area contributed by atoms with E-state index in [1.807, 2.05) is 24.3 Å². The second-order valence-corrected chi connectivity index (χ2v) is 5.74. The second-order valence-electron chi connectivity index (χ2n) is 5.74. The number of hydrogen-bond donors (Lipinski definition) is 2. The van der Waals surface area contributed by atoms with E-state index < -0.39 is 0 Å². The third-order valence-corrected chi connectivity index (χ3v) is 3.50. The minimum Gasteiger partial charge on any atom is -0.504 e. The number of hydrogen-bond acceptors (Lipinski definition) is 5. The van der Waals surface area contributed by atoms with Crippen LogP contribution in [0.5, 0.6) is 17.2 Å². The summed E-state index contributed by atoms with van der Waals surface area (Å²) in [4.78, 5) is 11.8. The Morgan fingerprint density at radius 3 is 2.80 bits per heavy atom. The Balaban J connectivity index is 1.85. The normalized spacial score (nSPS) is 10.9. The number of ether oxygens (including phenoxy) is 2. The van der Waals surface area contributed by atoms with Crippen LogP contribution in [0.3, 0.4) is 0 Å². The second kappa shape index (κ2) is 8.73. The van der Waals surface area contributed by atoms with E-state index in [9.17, 15) is 9.90 Å². The number of carbonyl (C=O) groups is 1. The van der Waals surface area contributed by atoms with Crippen LogP contribution >= 0.6 is 0 Å². The van der Waals surface area contributed by atoms with Gasteiger partial charge in [0.05, 0.1) is 13.3 Å². The minimum absolute atomic E-state index is 0.0423. The first-order valence-corrected chi connectivity index (χ1v) is 7.91. The van der Waals surface area contributed by atoms with E-state index in [4.69, 9.17) is 9.47 Å². The number of amides is 1. The van der Waals surface area contributed by atoms with Crippen molar-refractivity contribution in [2.24, 2.45) is 5.10 Å². The molecule has 0 saturated carbocycles. The summed E-state index contributed by atoms with van der Waals surface area (Å²) in [7, 11) is 1.46. The number of phenolic OH excluding ortho intramolecular Hbond substituents is 1. The highest BCUT2D eigenvalue weighted by Gasteiger charge is 2.05. The number of nitrogens with one attached hydrogen (secondary N) is 1. The van der Waals surface area contributed by atoms with Gasteiger partial charge in [0.25, 0.3) is 5.91 Å². The topological polar surface area (TPSA) is 80.2 Å². The summed E-state index contributed by atoms with van der Waals surface area (Å²) in [5.41, 5.74) is 4.22. The van der Waals surface area contributed by atoms with E-state index in [1.165, 1.54) is 19.4 Å². The van der Waals surface area contributed by atoms with E-state index in [0.717, 1.165) is 5.56 Å². The molecule has 2 aromatic carbocycles. The molecule has 6 nitrogen and oxygen atoms in total. The molecule has 2 rings (SSSR count). The van der Waals surface area contributed by atoms with Crippen molar-refractivity contribution in [2.45, 2.75) is 19.8 Å². The maximum Gasteiger partial charge on any atom is 0.277 e. The van der Waals surface area contributed by atoms with Gasteiger partial charge in [-0.2, -0.15) is 5.10 Å². The van der Waals surface area contributed by atoms with Crippen molar-refractivity contribution in [1.82, 2.24) is 5.43 Å². The molecule has 0 saturated heterocycles. The molecule has 0 heterocycles. The lowest BCUT2D eigenvalue weighted by atomic mass is 10.0. The van der Waals surface area contributed by atoms with Crippen molar-refractivity contribution in [3.05, 3.63) is 53.6 Å². The molecule has 0 aliphatic carbocycles. The third kappa shape index (κ3) is 5.53. The first-order chi connectivity index (χ1) is 12.0. The maximum atomic E-state index is 11.8. The lowest BCUT2D eigenvalue weighted by Crippen LogP contribution is -2.24. The lowest BCUT2D eigenvalue weighted by molar-refractivity contribution is -0.123. The Morgan fingerprint density at radius 1 is 1.28 bits per heavy atom. The highest BCUT2D eigenvalue weighted by Crippen LogP contribution is 2.25. The fraction of sp³-hybridized carbons (Fsp3) is 0.263. The molecule has 132 valence electrons. The summed E-state index contributed by atoms with van der Waals surface area (Å²) in [6.07, 6.45) is 1.46. The third-order valence-electron chi connectivity index (χ3n) is 3.50. The molecule has 0 aliphatic heterocycles. The monoisotopic (exact) mass is 342 g/mol. The quantitative estimate of drug-likeness (QED) is 0.599. The number of nitrogens with zero attached hydrogens (tertiary/aromatic N) is 1. The molecule has 0 bridgehead atoms. The van der Waals surface area contributed by atoms with Crippen molar-refractivity contribution in [3.63, 3.8) is 0 Å². The van der Waals surface area contributed by atoms with Crippen molar-refractivity contribution >= 4 is 12.1 Å². The van der Waals surface area contributed by atoms with Crippen LogP contribution in [0, 0.1) is 0 Å². The van der Waals surface area contributed by atoms with Gasteiger partial charge in [-0.3, -0.25) is 4.79 Å². The van der Waals surface area contributed by atoms with Crippen molar-refractivity contribution in [3.8, 4) is 17.2 Å². The van der Waals surface area contributed by atoms with E-state index in [2.05, 4.69) is 24.4 Å². The Bertz CT molecular complexity index is 757. The smallest absolute Gasteiger partial charge is 0.277 e. The minimum atomic E-state index is -0.364. The Hall–Kier alpha value is -3.02. The molecule has 2 aromatic rings. The van der Waals surface area contributed by atoms with Crippen molar-refractivity contribution in [1.29, 1.82) is 0 Å². The number of phenols is 1. The molecular formula is C19H22N2O4. The first-order valence-electron chi connectivity index (χ1n) is 7.91. The molecule has 0 unspecified atom stereocenters. The summed E-state index contributed by atoms with van der Waals surface area (Å²) >= 11 is 0. The predicted octanol–water partition coefficient (Wildman–Crippen LogP) is 3.05. The van der Waals surface area contributed by atoms with Gasteiger partial charge in [-0.05, 0) is 47.4 Å². The molecule has 1 amide bonds. The largest absolute Gasteiger partial charge is 0.504 e.